The SMILES string of the molecule is CC(C)C1=C2C3CCC4C5(C)CCC(OC(=O)CC(C)(C)C(=O)O)C(C)(C)C5CCC4(C)C3(C)CCC2(Cc2nnc(C3(c4ccc(C5CCC5)cc4)CC3)o2)CC1=O. The number of carbonyl (C=O) groups is 3. The van der Waals surface area contributed by atoms with Crippen LogP contribution in [-0.2, 0) is 31.0 Å². The monoisotopic (exact) mass is 807 g/mol. The predicted octanol–water partition coefficient (Wildman–Crippen LogP) is 11.4. The highest BCUT2D eigenvalue weighted by Crippen LogP contribution is 2.77. The number of hydrogen-bond donors (Lipinski definition) is 1. The molecule has 0 amide bonds. The average Bonchev–Trinajstić information content (AvgIpc) is 3.71. The molecule has 8 nitrogen and oxygen atoms in total. The van der Waals surface area contributed by atoms with Crippen molar-refractivity contribution >= 4 is 17.7 Å². The highest BCUT2D eigenvalue weighted by Gasteiger charge is 2.70. The zero-order valence-corrected chi connectivity index (χ0v) is 37.5. The van der Waals surface area contributed by atoms with Gasteiger partial charge in [-0.05, 0) is 153 Å². The lowest BCUT2D eigenvalue weighted by atomic mass is 9.33. The highest BCUT2D eigenvalue weighted by atomic mass is 16.5. The summed E-state index contributed by atoms with van der Waals surface area (Å²) in [5.74, 6) is 2.48. The molecule has 59 heavy (non-hydrogen) atoms. The number of nitrogens with zero attached hydrogens (tertiary/aromatic N) is 2. The normalized spacial score (nSPS) is 37.2. The highest BCUT2D eigenvalue weighted by molar-refractivity contribution is 6.00. The van der Waals surface area contributed by atoms with Gasteiger partial charge in [-0.1, -0.05) is 84.7 Å². The Labute approximate surface area is 352 Å². The number of hydrogen-bond acceptors (Lipinski definition) is 7. The van der Waals surface area contributed by atoms with E-state index in [4.69, 9.17) is 19.4 Å². The fraction of sp³-hybridized carbons (Fsp3) is 0.745. The standard InChI is InChI=1S/C51H70N2O6/c1-30(2)41-35(54)27-50(28-39-52-53-43(59-39)51(25-26-51)33-15-13-32(14-16-33)31-11-10-12-31)24-23-48(8)34(42(41)50)17-18-37-47(7)21-20-38(58-40(55)29-45(3,4)44(56)57)46(5,6)36(47)19-22-49(37,48)9/h13-16,30-31,34,36-38H,10-12,17-29H2,1-9H3,(H,56,57). The van der Waals surface area contributed by atoms with Crippen molar-refractivity contribution in [2.24, 2.45) is 56.2 Å². The van der Waals surface area contributed by atoms with E-state index in [0.717, 1.165) is 75.7 Å². The number of ether oxygens (including phenoxy) is 1. The fourth-order valence-electron chi connectivity index (χ4n) is 15.1. The van der Waals surface area contributed by atoms with E-state index in [1.165, 1.54) is 36.0 Å². The van der Waals surface area contributed by atoms with Gasteiger partial charge in [0.2, 0.25) is 11.8 Å². The van der Waals surface area contributed by atoms with Crippen LogP contribution < -0.4 is 0 Å². The largest absolute Gasteiger partial charge is 0.481 e. The molecular weight excluding hydrogens is 737 g/mol. The summed E-state index contributed by atoms with van der Waals surface area (Å²) >= 11 is 0. The van der Waals surface area contributed by atoms with Crippen molar-refractivity contribution < 1.29 is 28.6 Å². The number of aliphatic carboxylic acids is 1. The topological polar surface area (TPSA) is 120 Å². The first kappa shape index (κ1) is 41.1. The number of carboxylic acid groups (broad SMARTS) is 1. The number of fused-ring (bicyclic) bond motifs is 7. The lowest BCUT2D eigenvalue weighted by molar-refractivity contribution is -0.233. The van der Waals surface area contributed by atoms with Gasteiger partial charge in [-0.3, -0.25) is 14.4 Å². The molecule has 8 unspecified atom stereocenters. The van der Waals surface area contributed by atoms with Crippen LogP contribution in [0.4, 0.5) is 0 Å². The van der Waals surface area contributed by atoms with Crippen LogP contribution in [0, 0.1) is 56.2 Å². The van der Waals surface area contributed by atoms with Crippen LogP contribution in [0.1, 0.15) is 187 Å². The van der Waals surface area contributed by atoms with Gasteiger partial charge in [-0.15, -0.1) is 10.2 Å². The van der Waals surface area contributed by atoms with Crippen molar-refractivity contribution in [2.45, 2.75) is 182 Å². The molecule has 0 radical (unpaired) electrons. The van der Waals surface area contributed by atoms with Crippen LogP contribution in [0.3, 0.4) is 0 Å². The quantitative estimate of drug-likeness (QED) is 0.236. The van der Waals surface area contributed by atoms with Crippen LogP contribution in [-0.4, -0.2) is 39.1 Å². The molecule has 8 heteroatoms. The first-order valence-electron chi connectivity index (χ1n) is 23.3. The third kappa shape index (κ3) is 6.03. The molecule has 1 N–H and O–H groups in total. The molecule has 9 rings (SSSR count). The minimum absolute atomic E-state index is 0.0348. The van der Waals surface area contributed by atoms with Crippen LogP contribution >= 0.6 is 0 Å². The smallest absolute Gasteiger partial charge is 0.309 e. The summed E-state index contributed by atoms with van der Waals surface area (Å²) in [5.41, 5.74) is 3.60. The van der Waals surface area contributed by atoms with Crippen molar-refractivity contribution in [1.82, 2.24) is 10.2 Å². The second-order valence-corrected chi connectivity index (χ2v) is 23.2. The number of Topliss-reactive ketones (excluding diaryl/α,β-unsaturated/α-hetero) is 1. The molecule has 2 aromatic rings. The number of rotatable bonds is 10. The lowest BCUT2D eigenvalue weighted by Gasteiger charge is -2.72. The van der Waals surface area contributed by atoms with E-state index in [2.05, 4.69) is 72.7 Å². The summed E-state index contributed by atoms with van der Waals surface area (Å²) in [5, 5.41) is 19.2. The number of ketones is 1. The van der Waals surface area contributed by atoms with E-state index in [1.807, 2.05) is 0 Å². The molecule has 6 saturated carbocycles. The molecule has 1 heterocycles. The van der Waals surface area contributed by atoms with Gasteiger partial charge in [0, 0.05) is 23.7 Å². The van der Waals surface area contributed by atoms with Gasteiger partial charge >= 0.3 is 11.9 Å². The Morgan fingerprint density at radius 1 is 0.864 bits per heavy atom. The average molecular weight is 807 g/mol. The second-order valence-electron chi connectivity index (χ2n) is 23.2. The molecule has 0 saturated heterocycles. The maximum absolute atomic E-state index is 14.3. The Morgan fingerprint density at radius 3 is 2.20 bits per heavy atom. The molecule has 0 bridgehead atoms. The summed E-state index contributed by atoms with van der Waals surface area (Å²) in [7, 11) is 0. The summed E-state index contributed by atoms with van der Waals surface area (Å²) in [6.45, 7) is 20.0. The Morgan fingerprint density at radius 2 is 1.58 bits per heavy atom. The maximum Gasteiger partial charge on any atom is 0.309 e. The number of carboxylic acids is 1. The molecule has 1 aromatic heterocycles. The zero-order valence-electron chi connectivity index (χ0n) is 37.5. The minimum atomic E-state index is -1.16. The first-order valence-corrected chi connectivity index (χ1v) is 23.3. The number of aromatic nitrogens is 2. The van der Waals surface area contributed by atoms with E-state index in [0.29, 0.717) is 48.2 Å². The summed E-state index contributed by atoms with van der Waals surface area (Å²) in [6.07, 6.45) is 15.0. The molecule has 6 fully saturated rings. The van der Waals surface area contributed by atoms with Crippen LogP contribution in [0.15, 0.2) is 39.8 Å². The number of esters is 1. The molecule has 0 aliphatic heterocycles. The van der Waals surface area contributed by atoms with Crippen LogP contribution in [0.2, 0.25) is 0 Å². The molecular formula is C51H70N2O6. The summed E-state index contributed by atoms with van der Waals surface area (Å²) < 4.78 is 12.9. The van der Waals surface area contributed by atoms with Crippen LogP contribution in [0.5, 0.6) is 0 Å². The Balaban J connectivity index is 0.974. The first-order chi connectivity index (χ1) is 27.7. The van der Waals surface area contributed by atoms with E-state index in [-0.39, 0.29) is 50.9 Å². The number of carbonyl (C=O) groups excluding carboxylic acids is 2. The zero-order chi connectivity index (χ0) is 42.1. The van der Waals surface area contributed by atoms with Gasteiger partial charge < -0.3 is 14.3 Å². The molecule has 1 aromatic carbocycles. The second kappa shape index (κ2) is 13.6. The van der Waals surface area contributed by atoms with Gasteiger partial charge in [-0.25, -0.2) is 0 Å². The van der Waals surface area contributed by atoms with Crippen molar-refractivity contribution in [3.63, 3.8) is 0 Å². The van der Waals surface area contributed by atoms with Crippen molar-refractivity contribution in [3.05, 3.63) is 58.3 Å². The van der Waals surface area contributed by atoms with Crippen molar-refractivity contribution in [3.8, 4) is 0 Å². The maximum atomic E-state index is 14.3. The van der Waals surface area contributed by atoms with E-state index in [9.17, 15) is 19.5 Å². The van der Waals surface area contributed by atoms with Gasteiger partial charge in [0.25, 0.3) is 0 Å². The lowest BCUT2D eigenvalue weighted by Crippen LogP contribution is -2.65. The summed E-state index contributed by atoms with van der Waals surface area (Å²) in [6, 6.07) is 9.24. The van der Waals surface area contributed by atoms with Crippen LogP contribution in [0.25, 0.3) is 0 Å². The summed E-state index contributed by atoms with van der Waals surface area (Å²) in [4.78, 5) is 39.3. The van der Waals surface area contributed by atoms with Crippen molar-refractivity contribution in [1.29, 1.82) is 0 Å². The van der Waals surface area contributed by atoms with Gasteiger partial charge in [0.15, 0.2) is 5.78 Å². The molecule has 8 atom stereocenters. The number of benzene rings is 1. The van der Waals surface area contributed by atoms with Gasteiger partial charge in [0.05, 0.1) is 17.3 Å². The van der Waals surface area contributed by atoms with Gasteiger partial charge in [-0.2, -0.15) is 0 Å². The Kier molecular flexibility index (Phi) is 9.47. The predicted molar refractivity (Wildman–Crippen MR) is 226 cm³/mol. The van der Waals surface area contributed by atoms with Crippen molar-refractivity contribution in [2.75, 3.05) is 0 Å². The number of allylic oxidation sites excluding steroid dienone is 2. The fourth-order valence-corrected chi connectivity index (χ4v) is 15.1. The minimum Gasteiger partial charge on any atom is -0.481 e. The molecule has 0 spiro atoms. The molecule has 7 aliphatic rings. The van der Waals surface area contributed by atoms with E-state index < -0.39 is 17.4 Å². The van der Waals surface area contributed by atoms with E-state index >= 15 is 0 Å². The third-order valence-electron chi connectivity index (χ3n) is 19.1. The molecule has 320 valence electrons. The molecule has 7 aliphatic carbocycles. The van der Waals surface area contributed by atoms with E-state index in [1.54, 1.807) is 13.8 Å². The Hall–Kier alpha value is -3.29. The Bertz CT molecular complexity index is 2070. The van der Waals surface area contributed by atoms with Gasteiger partial charge in [0.1, 0.15) is 6.10 Å². The third-order valence-corrected chi connectivity index (χ3v) is 19.1.